The minimum Gasteiger partial charge on any atom is -0.490 e. The highest BCUT2D eigenvalue weighted by molar-refractivity contribution is 5.77. The van der Waals surface area contributed by atoms with Gasteiger partial charge in [-0.15, -0.1) is 0 Å². The van der Waals surface area contributed by atoms with Gasteiger partial charge in [0.1, 0.15) is 5.75 Å². The number of hydrogen-bond donors (Lipinski definition) is 2. The van der Waals surface area contributed by atoms with Crippen molar-refractivity contribution < 1.29 is 19.2 Å². The average Bonchev–Trinajstić information content (AvgIpc) is 3.34. The van der Waals surface area contributed by atoms with E-state index in [2.05, 4.69) is 5.32 Å². The first-order valence-electron chi connectivity index (χ1n) is 6.98. The maximum absolute atomic E-state index is 11.7. The Balaban J connectivity index is 1.82. The van der Waals surface area contributed by atoms with Crippen LogP contribution in [0.5, 0.6) is 11.5 Å². The van der Waals surface area contributed by atoms with Gasteiger partial charge in [0.2, 0.25) is 5.75 Å². The Kier molecular flexibility index (Phi) is 5.16. The molecule has 0 aliphatic heterocycles. The number of benzene rings is 1. The molecule has 1 amide bonds. The van der Waals surface area contributed by atoms with Crippen LogP contribution in [0.15, 0.2) is 18.2 Å². The van der Waals surface area contributed by atoms with E-state index in [9.17, 15) is 14.9 Å². The van der Waals surface area contributed by atoms with E-state index in [0.29, 0.717) is 18.2 Å². The fourth-order valence-corrected chi connectivity index (χ4v) is 2.02. The van der Waals surface area contributed by atoms with Crippen LogP contribution in [0.3, 0.4) is 0 Å². The SMILES string of the molecule is COc1cc(OCC(=O)NCC(N)C2CC2)ccc1[N+](=O)[O-]. The molecule has 2 rings (SSSR count). The van der Waals surface area contributed by atoms with Crippen LogP contribution in [0, 0.1) is 16.0 Å². The van der Waals surface area contributed by atoms with Crippen molar-refractivity contribution in [3.05, 3.63) is 28.3 Å². The lowest BCUT2D eigenvalue weighted by Gasteiger charge is -2.12. The first kappa shape index (κ1) is 16.0. The van der Waals surface area contributed by atoms with Crippen molar-refractivity contribution in [2.24, 2.45) is 11.7 Å². The monoisotopic (exact) mass is 309 g/mol. The summed E-state index contributed by atoms with van der Waals surface area (Å²) in [7, 11) is 1.33. The van der Waals surface area contributed by atoms with Crippen LogP contribution in [-0.2, 0) is 4.79 Å². The Bertz CT molecular complexity index is 559. The van der Waals surface area contributed by atoms with Gasteiger partial charge in [0.05, 0.1) is 12.0 Å². The molecule has 120 valence electrons. The molecule has 0 bridgehead atoms. The molecule has 0 radical (unpaired) electrons. The smallest absolute Gasteiger partial charge is 0.311 e. The summed E-state index contributed by atoms with van der Waals surface area (Å²) >= 11 is 0. The van der Waals surface area contributed by atoms with Gasteiger partial charge in [0, 0.05) is 24.7 Å². The maximum Gasteiger partial charge on any atom is 0.311 e. The molecule has 1 aliphatic carbocycles. The van der Waals surface area contributed by atoms with Crippen molar-refractivity contribution in [3.63, 3.8) is 0 Å². The molecular formula is C14H19N3O5. The first-order chi connectivity index (χ1) is 10.5. The zero-order chi connectivity index (χ0) is 16.1. The molecule has 0 spiro atoms. The minimum absolute atomic E-state index is 0.0107. The fourth-order valence-electron chi connectivity index (χ4n) is 2.02. The molecule has 22 heavy (non-hydrogen) atoms. The molecule has 3 N–H and O–H groups in total. The molecule has 1 unspecified atom stereocenters. The molecule has 1 aromatic carbocycles. The van der Waals surface area contributed by atoms with Crippen molar-refractivity contribution >= 4 is 11.6 Å². The normalized spacial score (nSPS) is 15.0. The van der Waals surface area contributed by atoms with Gasteiger partial charge in [0.15, 0.2) is 6.61 Å². The molecule has 1 aromatic rings. The van der Waals surface area contributed by atoms with Crippen LogP contribution in [-0.4, -0.2) is 37.1 Å². The van der Waals surface area contributed by atoms with Crippen molar-refractivity contribution in [3.8, 4) is 11.5 Å². The van der Waals surface area contributed by atoms with Gasteiger partial charge in [0.25, 0.3) is 5.91 Å². The van der Waals surface area contributed by atoms with Crippen LogP contribution in [0.1, 0.15) is 12.8 Å². The second-order valence-corrected chi connectivity index (χ2v) is 5.18. The average molecular weight is 309 g/mol. The summed E-state index contributed by atoms with van der Waals surface area (Å²) in [6.07, 6.45) is 2.24. The van der Waals surface area contributed by atoms with E-state index in [1.807, 2.05) is 0 Å². The number of rotatable bonds is 8. The fraction of sp³-hybridized carbons (Fsp3) is 0.500. The molecule has 8 heteroatoms. The Morgan fingerprint density at radius 3 is 2.86 bits per heavy atom. The highest BCUT2D eigenvalue weighted by Crippen LogP contribution is 2.31. The molecular weight excluding hydrogens is 290 g/mol. The lowest BCUT2D eigenvalue weighted by molar-refractivity contribution is -0.385. The van der Waals surface area contributed by atoms with Gasteiger partial charge in [-0.05, 0) is 24.8 Å². The quantitative estimate of drug-likeness (QED) is 0.543. The molecule has 0 aromatic heterocycles. The van der Waals surface area contributed by atoms with Gasteiger partial charge in [-0.1, -0.05) is 0 Å². The van der Waals surface area contributed by atoms with E-state index < -0.39 is 4.92 Å². The summed E-state index contributed by atoms with van der Waals surface area (Å²) in [6, 6.07) is 4.06. The number of nitrogens with two attached hydrogens (primary N) is 1. The molecule has 1 atom stereocenters. The summed E-state index contributed by atoms with van der Waals surface area (Å²) in [5.41, 5.74) is 5.72. The van der Waals surface area contributed by atoms with Crippen LogP contribution in [0.4, 0.5) is 5.69 Å². The minimum atomic E-state index is -0.547. The van der Waals surface area contributed by atoms with Gasteiger partial charge in [-0.3, -0.25) is 14.9 Å². The third-order valence-corrected chi connectivity index (χ3v) is 3.48. The van der Waals surface area contributed by atoms with Crippen molar-refractivity contribution in [1.82, 2.24) is 5.32 Å². The Hall–Kier alpha value is -2.35. The van der Waals surface area contributed by atoms with Crippen LogP contribution in [0.2, 0.25) is 0 Å². The number of methoxy groups -OCH3 is 1. The summed E-state index contributed by atoms with van der Waals surface area (Å²) in [5, 5.41) is 13.5. The molecule has 0 heterocycles. The topological polar surface area (TPSA) is 117 Å². The van der Waals surface area contributed by atoms with Gasteiger partial charge >= 0.3 is 5.69 Å². The number of nitrogens with zero attached hydrogens (tertiary/aromatic N) is 1. The predicted molar refractivity (Wildman–Crippen MR) is 78.9 cm³/mol. The number of nitrogens with one attached hydrogen (secondary N) is 1. The standard InChI is InChI=1S/C14H19N3O5/c1-21-13-6-10(4-5-12(13)17(19)20)22-8-14(18)16-7-11(15)9-2-3-9/h4-6,9,11H,2-3,7-8,15H2,1H3,(H,16,18). The lowest BCUT2D eigenvalue weighted by atomic mass is 10.2. The van der Waals surface area contributed by atoms with E-state index in [0.717, 1.165) is 12.8 Å². The third kappa shape index (κ3) is 4.32. The van der Waals surface area contributed by atoms with Crippen molar-refractivity contribution in [2.45, 2.75) is 18.9 Å². The highest BCUT2D eigenvalue weighted by atomic mass is 16.6. The van der Waals surface area contributed by atoms with Gasteiger partial charge < -0.3 is 20.5 Å². The maximum atomic E-state index is 11.7. The third-order valence-electron chi connectivity index (χ3n) is 3.48. The second kappa shape index (κ2) is 7.08. The van der Waals surface area contributed by atoms with E-state index in [4.69, 9.17) is 15.2 Å². The van der Waals surface area contributed by atoms with E-state index in [1.165, 1.54) is 25.3 Å². The number of nitro groups is 1. The van der Waals surface area contributed by atoms with E-state index >= 15 is 0 Å². The zero-order valence-electron chi connectivity index (χ0n) is 12.3. The van der Waals surface area contributed by atoms with Crippen LogP contribution in [0.25, 0.3) is 0 Å². The lowest BCUT2D eigenvalue weighted by Crippen LogP contribution is -2.40. The summed E-state index contributed by atoms with van der Waals surface area (Å²) in [6.45, 7) is 0.245. The number of nitro benzene ring substituents is 1. The van der Waals surface area contributed by atoms with Crippen molar-refractivity contribution in [1.29, 1.82) is 0 Å². The first-order valence-corrected chi connectivity index (χ1v) is 6.98. The largest absolute Gasteiger partial charge is 0.490 e. The summed E-state index contributed by atoms with van der Waals surface area (Å²) in [5.74, 6) is 0.635. The van der Waals surface area contributed by atoms with E-state index in [-0.39, 0.29) is 30.0 Å². The molecule has 1 fully saturated rings. The molecule has 8 nitrogen and oxygen atoms in total. The summed E-state index contributed by atoms with van der Waals surface area (Å²) in [4.78, 5) is 21.9. The zero-order valence-corrected chi connectivity index (χ0v) is 12.3. The molecule has 0 saturated heterocycles. The van der Waals surface area contributed by atoms with E-state index in [1.54, 1.807) is 0 Å². The second-order valence-electron chi connectivity index (χ2n) is 5.18. The van der Waals surface area contributed by atoms with Crippen LogP contribution >= 0.6 is 0 Å². The predicted octanol–water partition coefficient (Wildman–Crippen LogP) is 0.836. The van der Waals surface area contributed by atoms with Crippen LogP contribution < -0.4 is 20.5 Å². The van der Waals surface area contributed by atoms with Crippen molar-refractivity contribution in [2.75, 3.05) is 20.3 Å². The molecule has 1 saturated carbocycles. The Morgan fingerprint density at radius 1 is 1.55 bits per heavy atom. The van der Waals surface area contributed by atoms with Gasteiger partial charge in [-0.2, -0.15) is 0 Å². The number of hydrogen-bond acceptors (Lipinski definition) is 6. The molecule has 1 aliphatic rings. The number of amides is 1. The highest BCUT2D eigenvalue weighted by Gasteiger charge is 2.28. The Labute approximate surface area is 127 Å². The summed E-state index contributed by atoms with van der Waals surface area (Å²) < 4.78 is 10.2. The number of carbonyl (C=O) groups is 1. The number of carbonyl (C=O) groups excluding carboxylic acids is 1. The number of ether oxygens (including phenoxy) is 2. The van der Waals surface area contributed by atoms with Gasteiger partial charge in [-0.25, -0.2) is 0 Å². The Morgan fingerprint density at radius 2 is 2.27 bits per heavy atom.